The summed E-state index contributed by atoms with van der Waals surface area (Å²) in [6.45, 7) is 1.86. The monoisotopic (exact) mass is 295 g/mol. The fourth-order valence-corrected chi connectivity index (χ4v) is 1.95. The fourth-order valence-electron chi connectivity index (χ4n) is 1.95. The van der Waals surface area contributed by atoms with E-state index in [0.717, 1.165) is 24.6 Å². The van der Waals surface area contributed by atoms with E-state index in [4.69, 9.17) is 14.4 Å². The summed E-state index contributed by atoms with van der Waals surface area (Å²) in [4.78, 5) is 13.2. The first-order valence-electron chi connectivity index (χ1n) is 6.01. The Hall–Kier alpha value is -1.64. The molecule has 2 N–H and O–H groups in total. The number of aliphatic carboxylic acids is 1. The first-order valence-corrected chi connectivity index (χ1v) is 6.01. The number of hydrogen-bond acceptors (Lipinski definition) is 5. The van der Waals surface area contributed by atoms with Crippen LogP contribution in [0.2, 0.25) is 0 Å². The van der Waals surface area contributed by atoms with Crippen LogP contribution in [0.5, 0.6) is 0 Å². The summed E-state index contributed by atoms with van der Waals surface area (Å²) < 4.78 is 36.9. The summed E-state index contributed by atoms with van der Waals surface area (Å²) in [5, 5.41) is 14.2. The van der Waals surface area contributed by atoms with E-state index in [0.29, 0.717) is 12.0 Å². The van der Waals surface area contributed by atoms with Gasteiger partial charge in [-0.1, -0.05) is 5.16 Å². The SMILES string of the molecule is CN[C@@H]1CC[C@H](c2nc(C)no2)C1.O=C(O)C(F)(F)F. The first-order chi connectivity index (χ1) is 9.24. The molecule has 0 bridgehead atoms. The molecule has 2 rings (SSSR count). The topological polar surface area (TPSA) is 88.3 Å². The molecule has 0 aromatic carbocycles. The molecule has 0 spiro atoms. The van der Waals surface area contributed by atoms with Crippen LogP contribution in [-0.4, -0.2) is 40.5 Å². The van der Waals surface area contributed by atoms with Crippen LogP contribution in [0, 0.1) is 6.92 Å². The highest BCUT2D eigenvalue weighted by atomic mass is 19.4. The number of carboxylic acids is 1. The van der Waals surface area contributed by atoms with Gasteiger partial charge in [0, 0.05) is 12.0 Å². The molecule has 1 heterocycles. The summed E-state index contributed by atoms with van der Waals surface area (Å²) in [5.41, 5.74) is 0. The summed E-state index contributed by atoms with van der Waals surface area (Å²) in [7, 11) is 2.01. The highest BCUT2D eigenvalue weighted by Crippen LogP contribution is 2.33. The molecule has 1 aliphatic rings. The van der Waals surface area contributed by atoms with Crippen molar-refractivity contribution < 1.29 is 27.6 Å². The molecule has 1 saturated carbocycles. The van der Waals surface area contributed by atoms with Crippen molar-refractivity contribution in [3.63, 3.8) is 0 Å². The van der Waals surface area contributed by atoms with Crippen molar-refractivity contribution >= 4 is 5.97 Å². The molecule has 20 heavy (non-hydrogen) atoms. The number of nitrogens with one attached hydrogen (secondary N) is 1. The van der Waals surface area contributed by atoms with E-state index in [1.165, 1.54) is 6.42 Å². The molecule has 0 aliphatic heterocycles. The van der Waals surface area contributed by atoms with Crippen molar-refractivity contribution in [1.29, 1.82) is 0 Å². The van der Waals surface area contributed by atoms with Gasteiger partial charge in [-0.2, -0.15) is 18.2 Å². The van der Waals surface area contributed by atoms with Crippen molar-refractivity contribution in [1.82, 2.24) is 15.5 Å². The van der Waals surface area contributed by atoms with Gasteiger partial charge in [0.05, 0.1) is 0 Å². The number of halogens is 3. The van der Waals surface area contributed by atoms with Crippen molar-refractivity contribution in [2.75, 3.05) is 7.05 Å². The second kappa shape index (κ2) is 6.69. The Morgan fingerprint density at radius 3 is 2.40 bits per heavy atom. The Morgan fingerprint density at radius 2 is 2.05 bits per heavy atom. The van der Waals surface area contributed by atoms with Crippen molar-refractivity contribution in [2.24, 2.45) is 0 Å². The molecule has 1 fully saturated rings. The van der Waals surface area contributed by atoms with Gasteiger partial charge in [0.25, 0.3) is 0 Å². The van der Waals surface area contributed by atoms with E-state index in [1.54, 1.807) is 0 Å². The number of carboxylic acid groups (broad SMARTS) is 1. The second-order valence-corrected chi connectivity index (χ2v) is 4.48. The third-order valence-electron chi connectivity index (χ3n) is 2.98. The maximum absolute atomic E-state index is 10.6. The maximum Gasteiger partial charge on any atom is 0.490 e. The van der Waals surface area contributed by atoms with Crippen LogP contribution < -0.4 is 5.32 Å². The molecule has 114 valence electrons. The van der Waals surface area contributed by atoms with Gasteiger partial charge in [0.15, 0.2) is 5.82 Å². The predicted octanol–water partition coefficient (Wildman–Crippen LogP) is 1.87. The summed E-state index contributed by atoms with van der Waals surface area (Å²) >= 11 is 0. The van der Waals surface area contributed by atoms with Gasteiger partial charge in [-0.05, 0) is 33.2 Å². The van der Waals surface area contributed by atoms with Gasteiger partial charge in [0.1, 0.15) is 0 Å². The Balaban J connectivity index is 0.000000246. The summed E-state index contributed by atoms with van der Waals surface area (Å²) in [6.07, 6.45) is -1.59. The minimum absolute atomic E-state index is 0.471. The Bertz CT molecular complexity index is 448. The van der Waals surface area contributed by atoms with Crippen LogP contribution >= 0.6 is 0 Å². The van der Waals surface area contributed by atoms with Crippen LogP contribution in [0.3, 0.4) is 0 Å². The summed E-state index contributed by atoms with van der Waals surface area (Å²) in [6, 6.07) is 0.622. The molecular weight excluding hydrogens is 279 g/mol. The second-order valence-electron chi connectivity index (χ2n) is 4.48. The number of aromatic nitrogens is 2. The lowest BCUT2D eigenvalue weighted by Crippen LogP contribution is -2.21. The van der Waals surface area contributed by atoms with E-state index < -0.39 is 12.1 Å². The van der Waals surface area contributed by atoms with Crippen LogP contribution in [0.4, 0.5) is 13.2 Å². The number of nitrogens with zero attached hydrogens (tertiary/aromatic N) is 2. The lowest BCUT2D eigenvalue weighted by molar-refractivity contribution is -0.192. The molecule has 2 atom stereocenters. The van der Waals surface area contributed by atoms with E-state index >= 15 is 0 Å². The van der Waals surface area contributed by atoms with E-state index in [9.17, 15) is 13.2 Å². The summed E-state index contributed by atoms with van der Waals surface area (Å²) in [5.74, 6) is -0.732. The molecule has 0 radical (unpaired) electrons. The number of alkyl halides is 3. The molecule has 9 heteroatoms. The highest BCUT2D eigenvalue weighted by Gasteiger charge is 2.38. The molecule has 0 saturated heterocycles. The molecular formula is C11H16F3N3O3. The predicted molar refractivity (Wildman–Crippen MR) is 62.2 cm³/mol. The van der Waals surface area contributed by atoms with Gasteiger partial charge in [-0.15, -0.1) is 0 Å². The Labute approximate surface area is 113 Å². The number of hydrogen-bond donors (Lipinski definition) is 2. The lowest BCUT2D eigenvalue weighted by Gasteiger charge is -2.06. The molecule has 0 amide bonds. The highest BCUT2D eigenvalue weighted by molar-refractivity contribution is 5.73. The van der Waals surface area contributed by atoms with Crippen molar-refractivity contribution in [3.8, 4) is 0 Å². The largest absolute Gasteiger partial charge is 0.490 e. The molecule has 1 aliphatic carbocycles. The van der Waals surface area contributed by atoms with Gasteiger partial charge >= 0.3 is 12.1 Å². The van der Waals surface area contributed by atoms with Crippen LogP contribution in [0.25, 0.3) is 0 Å². The van der Waals surface area contributed by atoms with Crippen LogP contribution in [0.15, 0.2) is 4.52 Å². The zero-order valence-electron chi connectivity index (χ0n) is 11.1. The first kappa shape index (κ1) is 16.4. The number of rotatable bonds is 2. The number of carbonyl (C=O) groups is 1. The normalized spacial score (nSPS) is 22.2. The molecule has 1 aromatic heterocycles. The van der Waals surface area contributed by atoms with E-state index in [-0.39, 0.29) is 0 Å². The quantitative estimate of drug-likeness (QED) is 0.866. The van der Waals surface area contributed by atoms with Gasteiger partial charge in [-0.25, -0.2) is 4.79 Å². The van der Waals surface area contributed by atoms with Gasteiger partial charge in [-0.3, -0.25) is 0 Å². The molecule has 6 nitrogen and oxygen atoms in total. The van der Waals surface area contributed by atoms with Crippen LogP contribution in [-0.2, 0) is 4.79 Å². The molecule has 1 aromatic rings. The minimum atomic E-state index is -5.08. The van der Waals surface area contributed by atoms with Gasteiger partial charge in [0.2, 0.25) is 5.89 Å². The zero-order valence-corrected chi connectivity index (χ0v) is 11.1. The van der Waals surface area contributed by atoms with E-state index in [1.807, 2.05) is 14.0 Å². The van der Waals surface area contributed by atoms with E-state index in [2.05, 4.69) is 15.5 Å². The fraction of sp³-hybridized carbons (Fsp3) is 0.727. The lowest BCUT2D eigenvalue weighted by atomic mass is 10.1. The average molecular weight is 295 g/mol. The number of aryl methyl sites for hydroxylation is 1. The molecule has 0 unspecified atom stereocenters. The Morgan fingerprint density at radius 1 is 1.45 bits per heavy atom. The zero-order chi connectivity index (χ0) is 15.3. The van der Waals surface area contributed by atoms with Crippen LogP contribution in [0.1, 0.15) is 36.9 Å². The standard InChI is InChI=1S/C9H15N3O.C2HF3O2/c1-6-11-9(13-12-6)7-3-4-8(5-7)10-2;3-2(4,5)1(6)7/h7-8,10H,3-5H2,1-2H3;(H,6,7)/t7-,8+;/m0./s1. The van der Waals surface area contributed by atoms with Crippen molar-refractivity contribution in [2.45, 2.75) is 44.3 Å². The maximum atomic E-state index is 10.6. The minimum Gasteiger partial charge on any atom is -0.475 e. The Kier molecular flexibility index (Phi) is 5.49. The third kappa shape index (κ3) is 4.80. The van der Waals surface area contributed by atoms with Gasteiger partial charge < -0.3 is 14.9 Å². The third-order valence-corrected chi connectivity index (χ3v) is 2.98. The van der Waals surface area contributed by atoms with Crippen molar-refractivity contribution in [3.05, 3.63) is 11.7 Å². The smallest absolute Gasteiger partial charge is 0.475 e. The average Bonchev–Trinajstić information content (AvgIpc) is 2.96.